The number of methoxy groups -OCH3 is 4. The summed E-state index contributed by atoms with van der Waals surface area (Å²) < 4.78 is 22.6. The predicted octanol–water partition coefficient (Wildman–Crippen LogP) is 1.65. The van der Waals surface area contributed by atoms with E-state index in [1.165, 1.54) is 12.1 Å². The average Bonchev–Trinajstić information content (AvgIpc) is 2.49. The summed E-state index contributed by atoms with van der Waals surface area (Å²) in [5.41, 5.74) is -0.534. The number of hydrogen-bond acceptors (Lipinski definition) is 4. The van der Waals surface area contributed by atoms with E-state index >= 15 is 0 Å². The molecule has 0 aliphatic carbocycles. The third-order valence-corrected chi connectivity index (χ3v) is 10.2. The molecular formula is C14H34O4Si2. The molecule has 0 bridgehead atoms. The predicted molar refractivity (Wildman–Crippen MR) is 90.0 cm³/mol. The quantitative estimate of drug-likeness (QED) is 0.293. The molecule has 0 aromatic rings. The standard InChI is InChI=1S/C14H34O4Si2/c1-7-9-13(15-3,16-4)19-11-12-20-14(17-5,18-6)10-8-2/h7-12,19-20H2,1-6H3. The van der Waals surface area contributed by atoms with E-state index in [1.54, 1.807) is 28.4 Å². The second-order valence-corrected chi connectivity index (χ2v) is 9.91. The largest absolute Gasteiger partial charge is 0.358 e. The molecule has 4 nitrogen and oxygen atoms in total. The van der Waals surface area contributed by atoms with E-state index in [9.17, 15) is 0 Å². The van der Waals surface area contributed by atoms with Gasteiger partial charge in [-0.25, -0.2) is 0 Å². The molecule has 6 heteroatoms. The maximum atomic E-state index is 5.65. The van der Waals surface area contributed by atoms with Crippen LogP contribution in [-0.4, -0.2) is 58.3 Å². The van der Waals surface area contributed by atoms with Crippen LogP contribution in [0.4, 0.5) is 0 Å². The van der Waals surface area contributed by atoms with Gasteiger partial charge in [-0.05, 0) is 12.8 Å². The lowest BCUT2D eigenvalue weighted by molar-refractivity contribution is -0.150. The summed E-state index contributed by atoms with van der Waals surface area (Å²) >= 11 is 0. The average molecular weight is 323 g/mol. The van der Waals surface area contributed by atoms with Crippen LogP contribution < -0.4 is 0 Å². The Hall–Kier alpha value is 0.274. The number of ether oxygens (including phenoxy) is 4. The first kappa shape index (κ1) is 20.3. The molecule has 0 heterocycles. The highest BCUT2D eigenvalue weighted by Crippen LogP contribution is 2.22. The van der Waals surface area contributed by atoms with E-state index in [0.717, 1.165) is 25.7 Å². The smallest absolute Gasteiger partial charge is 0.144 e. The third kappa shape index (κ3) is 6.36. The Kier molecular flexibility index (Phi) is 11.1. The molecular weight excluding hydrogens is 288 g/mol. The van der Waals surface area contributed by atoms with E-state index in [4.69, 9.17) is 18.9 Å². The Bertz CT molecular complexity index is 207. The van der Waals surface area contributed by atoms with Crippen molar-refractivity contribution >= 4 is 19.0 Å². The van der Waals surface area contributed by atoms with Gasteiger partial charge < -0.3 is 18.9 Å². The van der Waals surface area contributed by atoms with Crippen molar-refractivity contribution in [3.05, 3.63) is 0 Å². The maximum Gasteiger partial charge on any atom is 0.144 e. The van der Waals surface area contributed by atoms with Gasteiger partial charge in [0.1, 0.15) is 10.8 Å². The zero-order chi connectivity index (χ0) is 15.5. The summed E-state index contributed by atoms with van der Waals surface area (Å²) in [7, 11) is 6.27. The van der Waals surface area contributed by atoms with Gasteiger partial charge in [0.05, 0.1) is 19.0 Å². The van der Waals surface area contributed by atoms with Crippen LogP contribution in [0.1, 0.15) is 39.5 Å². The van der Waals surface area contributed by atoms with Crippen LogP contribution in [-0.2, 0) is 18.9 Å². The molecule has 0 saturated heterocycles. The zero-order valence-corrected chi connectivity index (χ0v) is 17.1. The lowest BCUT2D eigenvalue weighted by Gasteiger charge is -2.33. The van der Waals surface area contributed by atoms with E-state index in [-0.39, 0.29) is 10.8 Å². The lowest BCUT2D eigenvalue weighted by atomic mass is 10.3. The summed E-state index contributed by atoms with van der Waals surface area (Å²) in [5.74, 6) is 0. The second kappa shape index (κ2) is 10.9. The molecule has 0 saturated carbocycles. The van der Waals surface area contributed by atoms with Crippen LogP contribution >= 0.6 is 0 Å². The van der Waals surface area contributed by atoms with Crippen molar-refractivity contribution in [3.63, 3.8) is 0 Å². The molecule has 0 rings (SSSR count). The minimum absolute atomic E-state index is 0.267. The van der Waals surface area contributed by atoms with Crippen molar-refractivity contribution in [2.45, 2.75) is 62.4 Å². The Morgan fingerprint density at radius 1 is 0.650 bits per heavy atom. The molecule has 0 amide bonds. The van der Waals surface area contributed by atoms with Gasteiger partial charge in [-0.15, -0.1) is 0 Å². The molecule has 20 heavy (non-hydrogen) atoms. The molecule has 0 atom stereocenters. The summed E-state index contributed by atoms with van der Waals surface area (Å²) in [4.78, 5) is 0. The molecule has 0 aromatic carbocycles. The molecule has 0 fully saturated rings. The fourth-order valence-electron chi connectivity index (χ4n) is 2.78. The van der Waals surface area contributed by atoms with Crippen LogP contribution in [0.5, 0.6) is 0 Å². The summed E-state index contributed by atoms with van der Waals surface area (Å²) in [6.45, 7) is 4.36. The van der Waals surface area contributed by atoms with Gasteiger partial charge in [0.25, 0.3) is 0 Å². The maximum absolute atomic E-state index is 5.65. The van der Waals surface area contributed by atoms with E-state index in [0.29, 0.717) is 0 Å². The molecule has 0 aliphatic rings. The van der Waals surface area contributed by atoms with Gasteiger partial charge in [0.2, 0.25) is 0 Å². The van der Waals surface area contributed by atoms with Gasteiger partial charge >= 0.3 is 0 Å². The van der Waals surface area contributed by atoms with Crippen LogP contribution in [0.3, 0.4) is 0 Å². The zero-order valence-electron chi connectivity index (χ0n) is 14.3. The Balaban J connectivity index is 4.27. The number of rotatable bonds is 13. The van der Waals surface area contributed by atoms with Gasteiger partial charge in [-0.3, -0.25) is 0 Å². The highest BCUT2D eigenvalue weighted by atomic mass is 28.2. The molecule has 0 aliphatic heterocycles. The lowest BCUT2D eigenvalue weighted by Crippen LogP contribution is -2.42. The summed E-state index contributed by atoms with van der Waals surface area (Å²) in [5, 5.41) is 0. The first-order chi connectivity index (χ1) is 9.57. The highest BCUT2D eigenvalue weighted by molar-refractivity contribution is 6.45. The Morgan fingerprint density at radius 3 is 1.15 bits per heavy atom. The van der Waals surface area contributed by atoms with Crippen molar-refractivity contribution < 1.29 is 18.9 Å². The van der Waals surface area contributed by atoms with Gasteiger partial charge in [-0.1, -0.05) is 38.8 Å². The van der Waals surface area contributed by atoms with Crippen LogP contribution in [0.2, 0.25) is 12.1 Å². The topological polar surface area (TPSA) is 36.9 Å². The minimum Gasteiger partial charge on any atom is -0.358 e. The second-order valence-electron chi connectivity index (χ2n) is 5.34. The summed E-state index contributed by atoms with van der Waals surface area (Å²) in [6.07, 6.45) is 4.20. The molecule has 0 unspecified atom stereocenters. The molecule has 0 aromatic heterocycles. The van der Waals surface area contributed by atoms with Crippen LogP contribution in [0.15, 0.2) is 0 Å². The fourth-order valence-corrected chi connectivity index (χ4v) is 7.88. The van der Waals surface area contributed by atoms with E-state index in [1.807, 2.05) is 0 Å². The van der Waals surface area contributed by atoms with Crippen molar-refractivity contribution in [3.8, 4) is 0 Å². The molecule has 0 radical (unpaired) electrons. The normalized spacial score (nSPS) is 14.1. The van der Waals surface area contributed by atoms with Gasteiger partial charge in [0.15, 0.2) is 0 Å². The third-order valence-electron chi connectivity index (χ3n) is 4.12. The molecule has 0 spiro atoms. The van der Waals surface area contributed by atoms with Gasteiger partial charge in [-0.2, -0.15) is 0 Å². The SMILES string of the molecule is CCCC(OC)(OC)[SiH2]CC[SiH2]C(CCC)(OC)OC. The first-order valence-electron chi connectivity index (χ1n) is 7.78. The van der Waals surface area contributed by atoms with Crippen molar-refractivity contribution in [1.29, 1.82) is 0 Å². The molecule has 0 N–H and O–H groups in total. The monoisotopic (exact) mass is 322 g/mol. The Labute approximate surface area is 129 Å². The van der Waals surface area contributed by atoms with Crippen molar-refractivity contribution in [2.75, 3.05) is 28.4 Å². The van der Waals surface area contributed by atoms with Crippen molar-refractivity contribution in [2.24, 2.45) is 0 Å². The van der Waals surface area contributed by atoms with E-state index < -0.39 is 19.0 Å². The van der Waals surface area contributed by atoms with Crippen molar-refractivity contribution in [1.82, 2.24) is 0 Å². The van der Waals surface area contributed by atoms with E-state index in [2.05, 4.69) is 13.8 Å². The van der Waals surface area contributed by atoms with Crippen LogP contribution in [0.25, 0.3) is 0 Å². The minimum atomic E-state index is -0.412. The fraction of sp³-hybridized carbons (Fsp3) is 1.00. The molecule has 122 valence electrons. The highest BCUT2D eigenvalue weighted by Gasteiger charge is 2.31. The van der Waals surface area contributed by atoms with Gasteiger partial charge in [0, 0.05) is 28.4 Å². The first-order valence-corrected chi connectivity index (χ1v) is 11.2. The number of hydrogen-bond donors (Lipinski definition) is 0. The van der Waals surface area contributed by atoms with Crippen LogP contribution in [0, 0.1) is 0 Å². The Morgan fingerprint density at radius 2 is 0.950 bits per heavy atom. The summed E-state index contributed by atoms with van der Waals surface area (Å²) in [6, 6.07) is 2.48.